The average molecular weight is 248 g/mol. The van der Waals surface area contributed by atoms with E-state index in [9.17, 15) is 4.79 Å². The van der Waals surface area contributed by atoms with E-state index in [2.05, 4.69) is 5.32 Å². The molecule has 0 aliphatic carbocycles. The van der Waals surface area contributed by atoms with Crippen molar-refractivity contribution in [2.24, 2.45) is 0 Å². The second-order valence-electron chi connectivity index (χ2n) is 4.06. The highest BCUT2D eigenvalue weighted by molar-refractivity contribution is 6.31. The molecule has 1 aliphatic heterocycles. The molecule has 86 valence electrons. The van der Waals surface area contributed by atoms with E-state index in [1.807, 2.05) is 18.2 Å². The van der Waals surface area contributed by atoms with Crippen LogP contribution in [0.5, 0.6) is 0 Å². The van der Waals surface area contributed by atoms with Crippen LogP contribution in [0.2, 0.25) is 5.02 Å². The van der Waals surface area contributed by atoms with Gasteiger partial charge in [-0.1, -0.05) is 17.7 Å². The van der Waals surface area contributed by atoms with E-state index in [0.717, 1.165) is 17.0 Å². The molecular formula is C13H10ClNO2. The summed E-state index contributed by atoms with van der Waals surface area (Å²) in [4.78, 5) is 11.9. The molecule has 0 fully saturated rings. The lowest BCUT2D eigenvalue weighted by Crippen LogP contribution is -2.13. The fraction of sp³-hybridized carbons (Fsp3) is 0.154. The summed E-state index contributed by atoms with van der Waals surface area (Å²) < 4.78 is 5.28. The Morgan fingerprint density at radius 3 is 3.00 bits per heavy atom. The quantitative estimate of drug-likeness (QED) is 0.885. The molecule has 17 heavy (non-hydrogen) atoms. The second-order valence-corrected chi connectivity index (χ2v) is 4.49. The summed E-state index contributed by atoms with van der Waals surface area (Å²) in [6, 6.07) is 9.17. The van der Waals surface area contributed by atoms with E-state index in [0.29, 0.717) is 11.4 Å². The molecular weight excluding hydrogens is 238 g/mol. The van der Waals surface area contributed by atoms with E-state index in [1.54, 1.807) is 18.4 Å². The first-order valence-electron chi connectivity index (χ1n) is 5.37. The summed E-state index contributed by atoms with van der Waals surface area (Å²) in [7, 11) is 0. The van der Waals surface area contributed by atoms with Gasteiger partial charge in [-0.3, -0.25) is 4.79 Å². The van der Waals surface area contributed by atoms with Gasteiger partial charge < -0.3 is 9.73 Å². The fourth-order valence-electron chi connectivity index (χ4n) is 2.13. The van der Waals surface area contributed by atoms with Crippen molar-refractivity contribution in [2.75, 3.05) is 5.32 Å². The Bertz CT molecular complexity index is 563. The molecule has 1 aliphatic rings. The van der Waals surface area contributed by atoms with Crippen molar-refractivity contribution < 1.29 is 9.21 Å². The van der Waals surface area contributed by atoms with Crippen LogP contribution in [0.3, 0.4) is 0 Å². The van der Waals surface area contributed by atoms with Gasteiger partial charge in [0, 0.05) is 17.1 Å². The van der Waals surface area contributed by atoms with Crippen LogP contribution in [0.1, 0.15) is 17.2 Å². The van der Waals surface area contributed by atoms with Crippen LogP contribution in [0, 0.1) is 0 Å². The third-order valence-electron chi connectivity index (χ3n) is 2.95. The number of carbonyl (C=O) groups excluding carboxylic acids is 1. The lowest BCUT2D eigenvalue weighted by Gasteiger charge is -2.06. The van der Waals surface area contributed by atoms with Gasteiger partial charge in [-0.2, -0.15) is 0 Å². The summed E-state index contributed by atoms with van der Waals surface area (Å²) in [6.45, 7) is 0. The molecule has 2 aromatic rings. The zero-order chi connectivity index (χ0) is 11.8. The normalized spacial score (nSPS) is 17.9. The first kappa shape index (κ1) is 10.4. The van der Waals surface area contributed by atoms with Crippen molar-refractivity contribution in [2.45, 2.75) is 12.3 Å². The van der Waals surface area contributed by atoms with E-state index in [4.69, 9.17) is 16.0 Å². The van der Waals surface area contributed by atoms with Gasteiger partial charge in [0.25, 0.3) is 0 Å². The largest absolute Gasteiger partial charge is 0.469 e. The number of hydrogen-bond acceptors (Lipinski definition) is 2. The molecule has 0 radical (unpaired) electrons. The summed E-state index contributed by atoms with van der Waals surface area (Å²) in [5.74, 6) is 0.625. The standard InChI is InChI=1S/C13H10ClNO2/c14-8-3-4-10-11(7-9-2-1-5-17-9)13(16)15-12(10)6-8/h1-6,11H,7H2,(H,15,16)/t11-/m1/s1. The Hall–Kier alpha value is -1.74. The number of amides is 1. The van der Waals surface area contributed by atoms with Crippen LogP contribution in [-0.2, 0) is 11.2 Å². The number of carbonyl (C=O) groups is 1. The number of anilines is 1. The number of halogens is 1. The number of furan rings is 1. The zero-order valence-corrected chi connectivity index (χ0v) is 9.70. The molecule has 0 spiro atoms. The number of hydrogen-bond donors (Lipinski definition) is 1. The van der Waals surface area contributed by atoms with Gasteiger partial charge >= 0.3 is 0 Å². The van der Waals surface area contributed by atoms with Crippen molar-refractivity contribution in [3.8, 4) is 0 Å². The predicted octanol–water partition coefficient (Wildman–Crippen LogP) is 3.21. The summed E-state index contributed by atoms with van der Waals surface area (Å²) in [5.41, 5.74) is 1.79. The second kappa shape index (κ2) is 3.93. The van der Waals surface area contributed by atoms with Gasteiger partial charge in [0.05, 0.1) is 12.2 Å². The minimum atomic E-state index is -0.187. The van der Waals surface area contributed by atoms with Crippen LogP contribution < -0.4 is 5.32 Å². The third-order valence-corrected chi connectivity index (χ3v) is 3.19. The van der Waals surface area contributed by atoms with Crippen LogP contribution in [0.25, 0.3) is 0 Å². The highest BCUT2D eigenvalue weighted by atomic mass is 35.5. The lowest BCUT2D eigenvalue weighted by molar-refractivity contribution is -0.117. The molecule has 1 aromatic carbocycles. The van der Waals surface area contributed by atoms with Crippen molar-refractivity contribution in [1.82, 2.24) is 0 Å². The first-order valence-corrected chi connectivity index (χ1v) is 5.74. The molecule has 1 amide bonds. The minimum absolute atomic E-state index is 0.00123. The molecule has 3 nitrogen and oxygen atoms in total. The molecule has 0 unspecified atom stereocenters. The predicted molar refractivity (Wildman–Crippen MR) is 65.2 cm³/mol. The maximum Gasteiger partial charge on any atom is 0.232 e. The minimum Gasteiger partial charge on any atom is -0.469 e. The van der Waals surface area contributed by atoms with Gasteiger partial charge in [-0.15, -0.1) is 0 Å². The highest BCUT2D eigenvalue weighted by Crippen LogP contribution is 2.36. The van der Waals surface area contributed by atoms with Gasteiger partial charge in [-0.25, -0.2) is 0 Å². The number of benzene rings is 1. The Morgan fingerprint density at radius 1 is 1.35 bits per heavy atom. The maximum atomic E-state index is 11.9. The molecule has 1 N–H and O–H groups in total. The number of nitrogens with one attached hydrogen (secondary N) is 1. The number of fused-ring (bicyclic) bond motifs is 1. The van der Waals surface area contributed by atoms with E-state index in [-0.39, 0.29) is 11.8 Å². The Kier molecular flexibility index (Phi) is 2.41. The molecule has 0 bridgehead atoms. The zero-order valence-electron chi connectivity index (χ0n) is 8.94. The topological polar surface area (TPSA) is 42.2 Å². The monoisotopic (exact) mass is 247 g/mol. The SMILES string of the molecule is O=C1Nc2cc(Cl)ccc2[C@H]1Cc1ccco1. The van der Waals surface area contributed by atoms with Crippen molar-refractivity contribution in [1.29, 1.82) is 0 Å². The van der Waals surface area contributed by atoms with Crippen molar-refractivity contribution in [3.63, 3.8) is 0 Å². The molecule has 2 heterocycles. The van der Waals surface area contributed by atoms with Crippen LogP contribution >= 0.6 is 11.6 Å². The van der Waals surface area contributed by atoms with E-state index in [1.165, 1.54) is 0 Å². The highest BCUT2D eigenvalue weighted by Gasteiger charge is 2.31. The lowest BCUT2D eigenvalue weighted by atomic mass is 9.96. The number of rotatable bonds is 2. The Labute approximate surface area is 103 Å². The molecule has 1 aromatic heterocycles. The van der Waals surface area contributed by atoms with Gasteiger partial charge in [-0.05, 0) is 29.8 Å². The molecule has 3 rings (SSSR count). The van der Waals surface area contributed by atoms with E-state index >= 15 is 0 Å². The van der Waals surface area contributed by atoms with Gasteiger partial charge in [0.2, 0.25) is 5.91 Å². The Balaban J connectivity index is 1.94. The molecule has 0 saturated heterocycles. The van der Waals surface area contributed by atoms with Gasteiger partial charge in [0.15, 0.2) is 0 Å². The van der Waals surface area contributed by atoms with E-state index < -0.39 is 0 Å². The van der Waals surface area contributed by atoms with Crippen molar-refractivity contribution in [3.05, 3.63) is 52.9 Å². The molecule has 1 atom stereocenters. The summed E-state index contributed by atoms with van der Waals surface area (Å²) in [6.07, 6.45) is 2.19. The maximum absolute atomic E-state index is 11.9. The first-order chi connectivity index (χ1) is 8.24. The molecule has 0 saturated carbocycles. The van der Waals surface area contributed by atoms with Crippen LogP contribution in [0.4, 0.5) is 5.69 Å². The average Bonchev–Trinajstić information content (AvgIpc) is 2.88. The van der Waals surface area contributed by atoms with Crippen LogP contribution in [0.15, 0.2) is 41.0 Å². The fourth-order valence-corrected chi connectivity index (χ4v) is 2.31. The summed E-state index contributed by atoms with van der Waals surface area (Å²) in [5, 5.41) is 3.46. The third kappa shape index (κ3) is 1.83. The van der Waals surface area contributed by atoms with Crippen LogP contribution in [-0.4, -0.2) is 5.91 Å². The van der Waals surface area contributed by atoms with Gasteiger partial charge in [0.1, 0.15) is 5.76 Å². The van der Waals surface area contributed by atoms with Crippen molar-refractivity contribution >= 4 is 23.2 Å². The smallest absolute Gasteiger partial charge is 0.232 e. The Morgan fingerprint density at radius 2 is 2.24 bits per heavy atom. The summed E-state index contributed by atoms with van der Waals surface area (Å²) >= 11 is 5.89. The molecule has 4 heteroatoms.